The summed E-state index contributed by atoms with van der Waals surface area (Å²) < 4.78 is 38.7. The fourth-order valence-corrected chi connectivity index (χ4v) is 4.32. The fraction of sp³-hybridized carbons (Fsp3) is 0.435. The van der Waals surface area contributed by atoms with Crippen LogP contribution < -0.4 is 10.2 Å². The highest BCUT2D eigenvalue weighted by Gasteiger charge is 2.32. The largest absolute Gasteiger partial charge is 0.416 e. The Morgan fingerprint density at radius 2 is 1.94 bits per heavy atom. The quantitative estimate of drug-likeness (QED) is 0.565. The average Bonchev–Trinajstić information content (AvgIpc) is 3.59. The van der Waals surface area contributed by atoms with Crippen molar-refractivity contribution in [1.29, 1.82) is 0 Å². The number of benzene rings is 1. The summed E-state index contributed by atoms with van der Waals surface area (Å²) in [5, 5.41) is 2.80. The van der Waals surface area contributed by atoms with Gasteiger partial charge in [0.25, 0.3) is 0 Å². The van der Waals surface area contributed by atoms with Crippen molar-refractivity contribution in [3.05, 3.63) is 52.7 Å². The van der Waals surface area contributed by atoms with Gasteiger partial charge in [-0.05, 0) is 61.9 Å². The third-order valence-electron chi connectivity index (χ3n) is 5.89. The molecule has 32 heavy (non-hydrogen) atoms. The lowest BCUT2D eigenvalue weighted by molar-refractivity contribution is -0.137. The average molecular weight is 466 g/mol. The molecule has 2 fully saturated rings. The molecule has 1 saturated heterocycles. The van der Waals surface area contributed by atoms with Gasteiger partial charge in [0.15, 0.2) is 5.78 Å². The van der Waals surface area contributed by atoms with E-state index in [0.29, 0.717) is 36.6 Å². The molecule has 0 unspecified atom stereocenters. The summed E-state index contributed by atoms with van der Waals surface area (Å²) in [7, 11) is 0. The van der Waals surface area contributed by atoms with Gasteiger partial charge in [0.2, 0.25) is 5.91 Å². The van der Waals surface area contributed by atoms with E-state index in [1.54, 1.807) is 12.1 Å². The zero-order valence-corrected chi connectivity index (χ0v) is 18.0. The summed E-state index contributed by atoms with van der Waals surface area (Å²) in [5.74, 6) is 0.335. The van der Waals surface area contributed by atoms with Crippen LogP contribution in [-0.4, -0.2) is 29.8 Å². The molecule has 1 amide bonds. The van der Waals surface area contributed by atoms with Crippen LogP contribution in [0.4, 0.5) is 24.7 Å². The van der Waals surface area contributed by atoms with E-state index in [-0.39, 0.29) is 28.5 Å². The van der Waals surface area contributed by atoms with E-state index in [9.17, 15) is 22.8 Å². The molecule has 1 aromatic carbocycles. The molecule has 1 aromatic heterocycles. The van der Waals surface area contributed by atoms with Crippen LogP contribution >= 0.6 is 11.6 Å². The van der Waals surface area contributed by atoms with Gasteiger partial charge in [-0.25, -0.2) is 4.98 Å². The minimum Gasteiger partial charge on any atom is -0.370 e. The van der Waals surface area contributed by atoms with Crippen molar-refractivity contribution < 1.29 is 22.8 Å². The smallest absolute Gasteiger partial charge is 0.370 e. The Kier molecular flexibility index (Phi) is 6.42. The molecule has 2 aliphatic rings. The molecular weight excluding hydrogens is 443 g/mol. The van der Waals surface area contributed by atoms with Gasteiger partial charge in [0.1, 0.15) is 5.82 Å². The number of rotatable bonds is 6. The predicted molar refractivity (Wildman–Crippen MR) is 116 cm³/mol. The number of anilines is 2. The number of carbonyl (C=O) groups excluding carboxylic acids is 2. The molecule has 0 radical (unpaired) electrons. The van der Waals surface area contributed by atoms with Crippen molar-refractivity contribution in [2.24, 2.45) is 11.8 Å². The highest BCUT2D eigenvalue weighted by molar-refractivity contribution is 6.33. The number of hydrogen-bond donors (Lipinski definition) is 1. The molecule has 2 aromatic rings. The molecule has 9 heteroatoms. The van der Waals surface area contributed by atoms with Crippen LogP contribution in [0, 0.1) is 11.8 Å². The molecule has 1 aliphatic heterocycles. The number of pyridine rings is 1. The van der Waals surface area contributed by atoms with Crippen LogP contribution in [0.3, 0.4) is 0 Å². The van der Waals surface area contributed by atoms with E-state index in [1.165, 1.54) is 12.3 Å². The number of piperidine rings is 1. The first kappa shape index (κ1) is 22.6. The summed E-state index contributed by atoms with van der Waals surface area (Å²) in [4.78, 5) is 30.8. The lowest BCUT2D eigenvalue weighted by atomic mass is 9.90. The van der Waals surface area contributed by atoms with Gasteiger partial charge in [-0.3, -0.25) is 9.59 Å². The molecule has 1 saturated carbocycles. The predicted octanol–water partition coefficient (Wildman–Crippen LogP) is 5.59. The Labute approximate surface area is 189 Å². The number of halogens is 4. The molecule has 170 valence electrons. The molecule has 1 N–H and O–H groups in total. The molecule has 5 nitrogen and oxygen atoms in total. The van der Waals surface area contributed by atoms with Gasteiger partial charge >= 0.3 is 6.18 Å². The van der Waals surface area contributed by atoms with Crippen LogP contribution in [0.2, 0.25) is 5.02 Å². The van der Waals surface area contributed by atoms with Gasteiger partial charge in [0.05, 0.1) is 16.3 Å². The van der Waals surface area contributed by atoms with Gasteiger partial charge in [-0.2, -0.15) is 13.2 Å². The number of alkyl halides is 3. The lowest BCUT2D eigenvalue weighted by Gasteiger charge is -2.35. The molecule has 0 bridgehead atoms. The number of ketones is 1. The molecule has 4 rings (SSSR count). The number of nitrogens with zero attached hydrogens (tertiary/aromatic N) is 2. The Morgan fingerprint density at radius 3 is 2.62 bits per heavy atom. The van der Waals surface area contributed by atoms with Gasteiger partial charge in [-0.1, -0.05) is 11.6 Å². The van der Waals surface area contributed by atoms with Crippen molar-refractivity contribution in [3.63, 3.8) is 0 Å². The Hall–Kier alpha value is -2.61. The first-order valence-corrected chi connectivity index (χ1v) is 11.0. The molecule has 0 spiro atoms. The van der Waals surface area contributed by atoms with Gasteiger partial charge < -0.3 is 10.2 Å². The second-order valence-corrected chi connectivity index (χ2v) is 8.85. The van der Waals surface area contributed by atoms with Crippen LogP contribution in [0.5, 0.6) is 0 Å². The van der Waals surface area contributed by atoms with E-state index >= 15 is 0 Å². The molecule has 1 atom stereocenters. The van der Waals surface area contributed by atoms with Crippen LogP contribution in [0.25, 0.3) is 0 Å². The van der Waals surface area contributed by atoms with Crippen molar-refractivity contribution in [3.8, 4) is 0 Å². The Balaban J connectivity index is 1.40. The lowest BCUT2D eigenvalue weighted by Crippen LogP contribution is -2.36. The zero-order valence-electron chi connectivity index (χ0n) is 17.3. The first-order chi connectivity index (χ1) is 15.2. The molecule has 2 heterocycles. The highest BCUT2D eigenvalue weighted by Crippen LogP contribution is 2.37. The summed E-state index contributed by atoms with van der Waals surface area (Å²) >= 11 is 6.15. The van der Waals surface area contributed by atoms with Crippen molar-refractivity contribution in [1.82, 2.24) is 4.98 Å². The van der Waals surface area contributed by atoms with E-state index in [0.717, 1.165) is 37.8 Å². The number of amides is 1. The molecular formula is C23H23ClF3N3O2. The van der Waals surface area contributed by atoms with E-state index in [4.69, 9.17) is 11.6 Å². The van der Waals surface area contributed by atoms with E-state index < -0.39 is 11.7 Å². The SMILES string of the molecule is O=C(C[C@@H]1CCCN(c2ccc(C(F)(F)F)cc2Cl)C1)c1ccnc(NC(=O)C2CC2)c1. The van der Waals surface area contributed by atoms with Gasteiger partial charge in [-0.15, -0.1) is 0 Å². The minimum atomic E-state index is -4.44. The number of carbonyl (C=O) groups is 2. The zero-order chi connectivity index (χ0) is 22.9. The topological polar surface area (TPSA) is 62.3 Å². The third-order valence-corrected chi connectivity index (χ3v) is 6.19. The van der Waals surface area contributed by atoms with Crippen LogP contribution in [-0.2, 0) is 11.0 Å². The molecule has 1 aliphatic carbocycles. The second-order valence-electron chi connectivity index (χ2n) is 8.44. The number of aromatic nitrogens is 1. The van der Waals surface area contributed by atoms with Crippen molar-refractivity contribution in [2.45, 2.75) is 38.3 Å². The number of nitrogens with one attached hydrogen (secondary N) is 1. The van der Waals surface area contributed by atoms with Crippen molar-refractivity contribution >= 4 is 34.8 Å². The number of Topliss-reactive ketones (excluding diaryl/α,β-unsaturated/α-hetero) is 1. The van der Waals surface area contributed by atoms with E-state index in [1.807, 2.05) is 4.90 Å². The normalized spacial score (nSPS) is 19.0. The maximum atomic E-state index is 12.9. The minimum absolute atomic E-state index is 0.0430. The number of hydrogen-bond acceptors (Lipinski definition) is 4. The maximum Gasteiger partial charge on any atom is 0.416 e. The Morgan fingerprint density at radius 1 is 1.16 bits per heavy atom. The highest BCUT2D eigenvalue weighted by atomic mass is 35.5. The summed E-state index contributed by atoms with van der Waals surface area (Å²) in [6.45, 7) is 1.20. The first-order valence-electron chi connectivity index (χ1n) is 10.6. The Bertz CT molecular complexity index is 1020. The van der Waals surface area contributed by atoms with E-state index in [2.05, 4.69) is 10.3 Å². The maximum absolute atomic E-state index is 12.9. The van der Waals surface area contributed by atoms with Gasteiger partial charge in [0, 0.05) is 37.2 Å². The second kappa shape index (κ2) is 9.10. The fourth-order valence-electron chi connectivity index (χ4n) is 4.02. The van der Waals surface area contributed by atoms with Crippen molar-refractivity contribution in [2.75, 3.05) is 23.3 Å². The summed E-state index contributed by atoms with van der Waals surface area (Å²) in [5.41, 5.74) is 0.249. The standard InChI is InChI=1S/C23H23ClF3N3O2/c24-18-12-17(23(25,26)27)5-6-19(18)30-9-1-2-14(13-30)10-20(31)16-7-8-28-21(11-16)29-22(32)15-3-4-15/h5-8,11-12,14-15H,1-4,9-10,13H2,(H,28,29,32)/t14-/m0/s1. The summed E-state index contributed by atoms with van der Waals surface area (Å²) in [6, 6.07) is 6.59. The van der Waals surface area contributed by atoms with Crippen LogP contribution in [0.1, 0.15) is 48.0 Å². The third kappa shape index (κ3) is 5.41. The summed E-state index contributed by atoms with van der Waals surface area (Å²) in [6.07, 6.45) is 0.780. The monoisotopic (exact) mass is 465 g/mol. The van der Waals surface area contributed by atoms with Crippen LogP contribution in [0.15, 0.2) is 36.5 Å².